The van der Waals surface area contributed by atoms with E-state index in [-0.39, 0.29) is 0 Å². The van der Waals surface area contributed by atoms with Crippen molar-refractivity contribution in [2.75, 3.05) is 11.9 Å². The number of benzene rings is 1. The van der Waals surface area contributed by atoms with Crippen LogP contribution >= 0.6 is 33.9 Å². The topological polar surface area (TPSA) is 12.0 Å². The number of anilines is 1. The predicted molar refractivity (Wildman–Crippen MR) is 75.7 cm³/mol. The molecule has 0 unspecified atom stereocenters. The van der Waals surface area contributed by atoms with Crippen molar-refractivity contribution in [2.45, 2.75) is 6.42 Å². The molecule has 1 aromatic heterocycles. The van der Waals surface area contributed by atoms with Crippen LogP contribution in [0.2, 0.25) is 0 Å². The highest BCUT2D eigenvalue weighted by Gasteiger charge is 1.94. The van der Waals surface area contributed by atoms with E-state index in [9.17, 15) is 0 Å². The van der Waals surface area contributed by atoms with Gasteiger partial charge in [-0.3, -0.25) is 0 Å². The number of rotatable bonds is 4. The highest BCUT2D eigenvalue weighted by molar-refractivity contribution is 14.1. The van der Waals surface area contributed by atoms with Crippen LogP contribution in [0.5, 0.6) is 0 Å². The highest BCUT2D eigenvalue weighted by Crippen LogP contribution is 2.13. The molecule has 3 heteroatoms. The van der Waals surface area contributed by atoms with Crippen molar-refractivity contribution in [1.29, 1.82) is 0 Å². The Bertz CT molecular complexity index is 411. The average Bonchev–Trinajstić information content (AvgIpc) is 2.71. The first-order valence-corrected chi connectivity index (χ1v) is 6.87. The lowest BCUT2D eigenvalue weighted by Gasteiger charge is -2.05. The maximum absolute atomic E-state index is 3.42. The molecule has 0 radical (unpaired) electrons. The van der Waals surface area contributed by atoms with Crippen molar-refractivity contribution in [3.8, 4) is 0 Å². The van der Waals surface area contributed by atoms with Gasteiger partial charge in [-0.2, -0.15) is 11.3 Å². The van der Waals surface area contributed by atoms with E-state index in [0.717, 1.165) is 13.0 Å². The SMILES string of the molecule is Ic1cccc(NCCc2ccsc2)c1. The summed E-state index contributed by atoms with van der Waals surface area (Å²) in [5, 5.41) is 7.75. The molecule has 78 valence electrons. The van der Waals surface area contributed by atoms with E-state index in [4.69, 9.17) is 0 Å². The second kappa shape index (κ2) is 5.51. The lowest BCUT2D eigenvalue weighted by atomic mass is 10.2. The van der Waals surface area contributed by atoms with E-state index in [1.807, 2.05) is 0 Å². The largest absolute Gasteiger partial charge is 0.385 e. The summed E-state index contributed by atoms with van der Waals surface area (Å²) in [5.74, 6) is 0. The van der Waals surface area contributed by atoms with Crippen LogP contribution in [-0.4, -0.2) is 6.54 Å². The van der Waals surface area contributed by atoms with Crippen molar-refractivity contribution in [3.63, 3.8) is 0 Å². The van der Waals surface area contributed by atoms with Crippen LogP contribution < -0.4 is 5.32 Å². The number of nitrogens with one attached hydrogen (secondary N) is 1. The standard InChI is InChI=1S/C12H12INS/c13-11-2-1-3-12(8-11)14-6-4-10-5-7-15-9-10/h1-3,5,7-9,14H,4,6H2. The third-order valence-electron chi connectivity index (χ3n) is 2.15. The summed E-state index contributed by atoms with van der Waals surface area (Å²) in [6.45, 7) is 0.997. The van der Waals surface area contributed by atoms with Crippen LogP contribution in [0.3, 0.4) is 0 Å². The zero-order valence-electron chi connectivity index (χ0n) is 8.24. The summed E-state index contributed by atoms with van der Waals surface area (Å²) in [7, 11) is 0. The first-order chi connectivity index (χ1) is 7.34. The maximum atomic E-state index is 3.42. The summed E-state index contributed by atoms with van der Waals surface area (Å²) in [4.78, 5) is 0. The van der Waals surface area contributed by atoms with Gasteiger partial charge in [0.2, 0.25) is 0 Å². The predicted octanol–water partition coefficient (Wildman–Crippen LogP) is 4.01. The molecule has 0 fully saturated rings. The van der Waals surface area contributed by atoms with Gasteiger partial charge in [0.25, 0.3) is 0 Å². The highest BCUT2D eigenvalue weighted by atomic mass is 127. The van der Waals surface area contributed by atoms with Gasteiger partial charge in [-0.15, -0.1) is 0 Å². The molecule has 0 aliphatic rings. The second-order valence-corrected chi connectivity index (χ2v) is 5.34. The van der Waals surface area contributed by atoms with Gasteiger partial charge >= 0.3 is 0 Å². The lowest BCUT2D eigenvalue weighted by Crippen LogP contribution is -2.04. The lowest BCUT2D eigenvalue weighted by molar-refractivity contribution is 1.03. The smallest absolute Gasteiger partial charge is 0.0350 e. The van der Waals surface area contributed by atoms with Crippen LogP contribution in [0.1, 0.15) is 5.56 Å². The van der Waals surface area contributed by atoms with Gasteiger partial charge in [0, 0.05) is 15.8 Å². The number of hydrogen-bond acceptors (Lipinski definition) is 2. The Morgan fingerprint density at radius 1 is 1.27 bits per heavy atom. The summed E-state index contributed by atoms with van der Waals surface area (Å²) in [6, 6.07) is 10.6. The van der Waals surface area contributed by atoms with Gasteiger partial charge < -0.3 is 5.32 Å². The molecule has 0 aliphatic heterocycles. The summed E-state index contributed by atoms with van der Waals surface area (Å²) >= 11 is 4.09. The molecule has 0 atom stereocenters. The Kier molecular flexibility index (Phi) is 4.02. The Morgan fingerprint density at radius 3 is 2.93 bits per heavy atom. The minimum Gasteiger partial charge on any atom is -0.385 e. The third-order valence-corrected chi connectivity index (χ3v) is 3.55. The second-order valence-electron chi connectivity index (χ2n) is 3.32. The molecule has 2 rings (SSSR count). The molecule has 1 aromatic carbocycles. The summed E-state index contributed by atoms with van der Waals surface area (Å²) < 4.78 is 1.27. The zero-order valence-corrected chi connectivity index (χ0v) is 11.2. The van der Waals surface area contributed by atoms with E-state index in [1.54, 1.807) is 11.3 Å². The van der Waals surface area contributed by atoms with Gasteiger partial charge in [-0.25, -0.2) is 0 Å². The molecule has 0 amide bonds. The minimum atomic E-state index is 0.997. The van der Waals surface area contributed by atoms with Gasteiger partial charge in [0.05, 0.1) is 0 Å². The Hall–Kier alpha value is -0.550. The van der Waals surface area contributed by atoms with Crippen molar-refractivity contribution < 1.29 is 0 Å². The fraction of sp³-hybridized carbons (Fsp3) is 0.167. The quantitative estimate of drug-likeness (QED) is 0.836. The van der Waals surface area contributed by atoms with E-state index in [0.29, 0.717) is 0 Å². The van der Waals surface area contributed by atoms with Crippen LogP contribution in [-0.2, 0) is 6.42 Å². The minimum absolute atomic E-state index is 0.997. The van der Waals surface area contributed by atoms with Crippen LogP contribution in [0.15, 0.2) is 41.1 Å². The summed E-state index contributed by atoms with van der Waals surface area (Å²) in [6.07, 6.45) is 1.09. The van der Waals surface area contributed by atoms with E-state index in [1.165, 1.54) is 14.8 Å². The monoisotopic (exact) mass is 329 g/mol. The van der Waals surface area contributed by atoms with E-state index >= 15 is 0 Å². The number of thiophene rings is 1. The van der Waals surface area contributed by atoms with Crippen molar-refractivity contribution in [1.82, 2.24) is 0 Å². The molecular formula is C12H12INS. The third kappa shape index (κ3) is 3.50. The molecule has 0 saturated carbocycles. The molecule has 0 aliphatic carbocycles. The van der Waals surface area contributed by atoms with Gasteiger partial charge in [0.1, 0.15) is 0 Å². The molecule has 1 N–H and O–H groups in total. The molecule has 0 saturated heterocycles. The first kappa shape index (κ1) is 11.0. The normalized spacial score (nSPS) is 10.2. The van der Waals surface area contributed by atoms with Crippen LogP contribution in [0.25, 0.3) is 0 Å². The summed E-state index contributed by atoms with van der Waals surface area (Å²) in [5.41, 5.74) is 2.62. The van der Waals surface area contributed by atoms with Crippen molar-refractivity contribution in [3.05, 3.63) is 50.2 Å². The van der Waals surface area contributed by atoms with Crippen molar-refractivity contribution >= 4 is 39.6 Å². The van der Waals surface area contributed by atoms with Gasteiger partial charge in [-0.1, -0.05) is 6.07 Å². The van der Waals surface area contributed by atoms with Crippen LogP contribution in [0.4, 0.5) is 5.69 Å². The van der Waals surface area contributed by atoms with Gasteiger partial charge in [-0.05, 0) is 69.6 Å². The number of hydrogen-bond donors (Lipinski definition) is 1. The Morgan fingerprint density at radius 2 is 2.20 bits per heavy atom. The van der Waals surface area contributed by atoms with E-state index in [2.05, 4.69) is 69.0 Å². The fourth-order valence-electron chi connectivity index (χ4n) is 1.38. The molecule has 1 heterocycles. The van der Waals surface area contributed by atoms with Gasteiger partial charge in [0.15, 0.2) is 0 Å². The van der Waals surface area contributed by atoms with E-state index < -0.39 is 0 Å². The molecule has 1 nitrogen and oxygen atoms in total. The molecular weight excluding hydrogens is 317 g/mol. The maximum Gasteiger partial charge on any atom is 0.0350 e. The Labute approximate surface area is 108 Å². The number of halogens is 1. The molecule has 0 bridgehead atoms. The zero-order chi connectivity index (χ0) is 10.5. The average molecular weight is 329 g/mol. The Balaban J connectivity index is 1.83. The molecule has 0 spiro atoms. The first-order valence-electron chi connectivity index (χ1n) is 4.85. The fourth-order valence-corrected chi connectivity index (χ4v) is 2.63. The molecule has 15 heavy (non-hydrogen) atoms. The van der Waals surface area contributed by atoms with Crippen molar-refractivity contribution in [2.24, 2.45) is 0 Å². The van der Waals surface area contributed by atoms with Crippen LogP contribution in [0, 0.1) is 3.57 Å². The molecule has 2 aromatic rings.